The molecule has 2 nitrogen and oxygen atoms in total. The van der Waals surface area contributed by atoms with Gasteiger partial charge in [0.25, 0.3) is 0 Å². The van der Waals surface area contributed by atoms with E-state index in [4.69, 9.17) is 4.74 Å². The van der Waals surface area contributed by atoms with Crippen molar-refractivity contribution in [2.75, 3.05) is 0 Å². The first-order valence-corrected chi connectivity index (χ1v) is 7.04. The Bertz CT molecular complexity index is 413. The van der Waals surface area contributed by atoms with Gasteiger partial charge in [0.1, 0.15) is 0 Å². The first kappa shape index (κ1) is 13.0. The van der Waals surface area contributed by atoms with E-state index in [9.17, 15) is 4.79 Å². The first-order valence-electron chi connectivity index (χ1n) is 5.96. The van der Waals surface area contributed by atoms with Crippen LogP contribution >= 0.6 is 22.6 Å². The number of hydrogen-bond acceptors (Lipinski definition) is 2. The summed E-state index contributed by atoms with van der Waals surface area (Å²) in [6.45, 7) is 6.14. The molecule has 0 spiro atoms. The summed E-state index contributed by atoms with van der Waals surface area (Å²) in [5.41, 5.74) is 0.798. The first-order chi connectivity index (χ1) is 8.00. The minimum atomic E-state index is -0.00920. The van der Waals surface area contributed by atoms with Crippen LogP contribution in [0.5, 0.6) is 0 Å². The number of Topliss-reactive ketones (excluding diaryl/α,β-unsaturated/α-hetero) is 1. The van der Waals surface area contributed by atoms with Crippen molar-refractivity contribution in [3.63, 3.8) is 0 Å². The van der Waals surface area contributed by atoms with Crippen molar-refractivity contribution in [3.05, 3.63) is 33.4 Å². The van der Waals surface area contributed by atoms with E-state index in [-0.39, 0.29) is 29.8 Å². The molecule has 0 radical (unpaired) electrons. The van der Waals surface area contributed by atoms with Gasteiger partial charge >= 0.3 is 0 Å². The Morgan fingerprint density at radius 2 is 1.71 bits per heavy atom. The van der Waals surface area contributed by atoms with Gasteiger partial charge in [0.15, 0.2) is 5.78 Å². The van der Waals surface area contributed by atoms with Crippen molar-refractivity contribution in [2.45, 2.75) is 33.0 Å². The number of ether oxygens (including phenoxy) is 1. The van der Waals surface area contributed by atoms with Crippen LogP contribution in [0.3, 0.4) is 0 Å². The molecule has 92 valence electrons. The summed E-state index contributed by atoms with van der Waals surface area (Å²) in [6.07, 6.45) is 0.189. The fourth-order valence-electron chi connectivity index (χ4n) is 2.53. The van der Waals surface area contributed by atoms with Crippen LogP contribution < -0.4 is 0 Å². The number of carbonyl (C=O) groups is 1. The van der Waals surface area contributed by atoms with Crippen molar-refractivity contribution >= 4 is 28.4 Å². The summed E-state index contributed by atoms with van der Waals surface area (Å²) < 4.78 is 6.88. The molecule has 4 unspecified atom stereocenters. The molecule has 0 aromatic heterocycles. The molecular formula is C14H17IO2. The number of benzene rings is 1. The zero-order chi connectivity index (χ0) is 12.6. The van der Waals surface area contributed by atoms with Crippen LogP contribution in [0.1, 0.15) is 31.1 Å². The SMILES string of the molecule is CC1OC(C)C(C(=O)c2ccc(I)cc2)C1C. The van der Waals surface area contributed by atoms with Crippen LogP contribution in [-0.4, -0.2) is 18.0 Å². The Kier molecular flexibility index (Phi) is 3.88. The highest BCUT2D eigenvalue weighted by molar-refractivity contribution is 14.1. The number of rotatable bonds is 2. The summed E-state index contributed by atoms with van der Waals surface area (Å²) in [4.78, 5) is 12.4. The molecule has 3 heteroatoms. The maximum Gasteiger partial charge on any atom is 0.168 e. The lowest BCUT2D eigenvalue weighted by molar-refractivity contribution is 0.0491. The lowest BCUT2D eigenvalue weighted by Crippen LogP contribution is -2.26. The molecule has 0 amide bonds. The van der Waals surface area contributed by atoms with E-state index in [0.717, 1.165) is 9.13 Å². The average Bonchev–Trinajstić information content (AvgIpc) is 2.53. The number of ketones is 1. The van der Waals surface area contributed by atoms with Crippen molar-refractivity contribution in [2.24, 2.45) is 11.8 Å². The highest BCUT2D eigenvalue weighted by Crippen LogP contribution is 2.34. The van der Waals surface area contributed by atoms with Gasteiger partial charge in [-0.1, -0.05) is 19.1 Å². The highest BCUT2D eigenvalue weighted by atomic mass is 127. The van der Waals surface area contributed by atoms with Crippen LogP contribution in [0, 0.1) is 15.4 Å². The molecule has 17 heavy (non-hydrogen) atoms. The Morgan fingerprint density at radius 3 is 2.18 bits per heavy atom. The van der Waals surface area contributed by atoms with Gasteiger partial charge in [-0.25, -0.2) is 0 Å². The maximum absolute atomic E-state index is 12.4. The van der Waals surface area contributed by atoms with Crippen molar-refractivity contribution in [3.8, 4) is 0 Å². The monoisotopic (exact) mass is 344 g/mol. The normalized spacial score (nSPS) is 32.7. The highest BCUT2D eigenvalue weighted by Gasteiger charge is 2.41. The number of carbonyl (C=O) groups excluding carboxylic acids is 1. The number of halogens is 1. The predicted molar refractivity (Wildman–Crippen MR) is 76.2 cm³/mol. The van der Waals surface area contributed by atoms with E-state index in [1.807, 2.05) is 38.1 Å². The van der Waals surface area contributed by atoms with Crippen LogP contribution in [0.4, 0.5) is 0 Å². The van der Waals surface area contributed by atoms with Gasteiger partial charge in [-0.3, -0.25) is 4.79 Å². The zero-order valence-corrected chi connectivity index (χ0v) is 12.5. The predicted octanol–water partition coefficient (Wildman–Crippen LogP) is 3.53. The Balaban J connectivity index is 2.23. The lowest BCUT2D eigenvalue weighted by atomic mass is 9.83. The van der Waals surface area contributed by atoms with E-state index in [1.165, 1.54) is 0 Å². The van der Waals surface area contributed by atoms with Crippen LogP contribution in [0.25, 0.3) is 0 Å². The van der Waals surface area contributed by atoms with Crippen molar-refractivity contribution < 1.29 is 9.53 Å². The molecule has 0 saturated carbocycles. The summed E-state index contributed by atoms with van der Waals surface area (Å²) in [5.74, 6) is 0.493. The fourth-order valence-corrected chi connectivity index (χ4v) is 2.88. The Labute approximate surface area is 116 Å². The third kappa shape index (κ3) is 2.55. The zero-order valence-electron chi connectivity index (χ0n) is 10.3. The van der Waals surface area contributed by atoms with Gasteiger partial charge in [-0.2, -0.15) is 0 Å². The summed E-state index contributed by atoms with van der Waals surface area (Å²) in [5, 5.41) is 0. The topological polar surface area (TPSA) is 26.3 Å². The second kappa shape index (κ2) is 5.06. The van der Waals surface area contributed by atoms with Gasteiger partial charge in [0.2, 0.25) is 0 Å². The average molecular weight is 344 g/mol. The summed E-state index contributed by atoms with van der Waals surface area (Å²) in [7, 11) is 0. The molecule has 2 rings (SSSR count). The molecule has 1 aliphatic heterocycles. The van der Waals surface area contributed by atoms with E-state index < -0.39 is 0 Å². The minimum Gasteiger partial charge on any atom is -0.374 e. The van der Waals surface area contributed by atoms with Gasteiger partial charge in [-0.05, 0) is 54.5 Å². The molecule has 0 bridgehead atoms. The second-order valence-electron chi connectivity index (χ2n) is 4.80. The van der Waals surface area contributed by atoms with Gasteiger partial charge in [0, 0.05) is 9.13 Å². The molecular weight excluding hydrogens is 327 g/mol. The standard InChI is InChI=1S/C14H17IO2/c1-8-9(2)17-10(3)13(8)14(16)11-4-6-12(15)7-5-11/h4-10,13H,1-3H3. The Hall–Kier alpha value is -0.420. The van der Waals surface area contributed by atoms with Gasteiger partial charge in [0.05, 0.1) is 18.1 Å². The molecule has 1 aliphatic rings. The maximum atomic E-state index is 12.4. The third-order valence-electron chi connectivity index (χ3n) is 3.67. The van der Waals surface area contributed by atoms with Crippen molar-refractivity contribution in [1.82, 2.24) is 0 Å². The van der Waals surface area contributed by atoms with Crippen LogP contribution in [-0.2, 0) is 4.74 Å². The molecule has 1 aromatic carbocycles. The van der Waals surface area contributed by atoms with E-state index in [2.05, 4.69) is 29.5 Å². The quantitative estimate of drug-likeness (QED) is 0.606. The molecule has 1 heterocycles. The van der Waals surface area contributed by atoms with E-state index in [1.54, 1.807) is 0 Å². The summed E-state index contributed by atoms with van der Waals surface area (Å²) >= 11 is 2.24. The summed E-state index contributed by atoms with van der Waals surface area (Å²) in [6, 6.07) is 7.77. The third-order valence-corrected chi connectivity index (χ3v) is 4.39. The lowest BCUT2D eigenvalue weighted by Gasteiger charge is -2.17. The smallest absolute Gasteiger partial charge is 0.168 e. The molecule has 1 fully saturated rings. The number of hydrogen-bond donors (Lipinski definition) is 0. The molecule has 1 aromatic rings. The fraction of sp³-hybridized carbons (Fsp3) is 0.500. The van der Waals surface area contributed by atoms with Crippen molar-refractivity contribution in [1.29, 1.82) is 0 Å². The van der Waals surface area contributed by atoms with Crippen LogP contribution in [0.15, 0.2) is 24.3 Å². The molecule has 0 aliphatic carbocycles. The molecule has 1 saturated heterocycles. The van der Waals surface area contributed by atoms with Crippen LogP contribution in [0.2, 0.25) is 0 Å². The Morgan fingerprint density at radius 1 is 1.12 bits per heavy atom. The molecule has 4 atom stereocenters. The molecule has 0 N–H and O–H groups in total. The van der Waals surface area contributed by atoms with E-state index in [0.29, 0.717) is 0 Å². The largest absolute Gasteiger partial charge is 0.374 e. The van der Waals surface area contributed by atoms with E-state index >= 15 is 0 Å². The minimum absolute atomic E-state index is 0.00920. The van der Waals surface area contributed by atoms with Gasteiger partial charge in [-0.15, -0.1) is 0 Å². The second-order valence-corrected chi connectivity index (χ2v) is 6.05. The van der Waals surface area contributed by atoms with Gasteiger partial charge < -0.3 is 4.74 Å².